The van der Waals surface area contributed by atoms with Gasteiger partial charge < -0.3 is 9.84 Å². The molecule has 0 bridgehead atoms. The van der Waals surface area contributed by atoms with Crippen molar-refractivity contribution in [2.45, 2.75) is 30.7 Å². The average molecular weight is 309 g/mol. The van der Waals surface area contributed by atoms with Gasteiger partial charge in [-0.3, -0.25) is 0 Å². The molecule has 1 fully saturated rings. The largest absolute Gasteiger partial charge is 0.384 e. The molecular formula is C15H19NO4S. The van der Waals surface area contributed by atoms with Crippen LogP contribution in [0.25, 0.3) is 0 Å². The van der Waals surface area contributed by atoms with Gasteiger partial charge in [-0.25, -0.2) is 13.1 Å². The molecule has 1 aliphatic rings. The molecule has 6 heteroatoms. The van der Waals surface area contributed by atoms with Crippen LogP contribution in [0.3, 0.4) is 0 Å². The SMILES string of the molecule is Cc1ccc(C#CCO)cc1S(=O)(=O)NC1CCCOC1. The monoisotopic (exact) mass is 309 g/mol. The summed E-state index contributed by atoms with van der Waals surface area (Å²) in [7, 11) is -3.60. The number of aliphatic hydroxyl groups excluding tert-OH is 1. The lowest BCUT2D eigenvalue weighted by molar-refractivity contribution is 0.0774. The summed E-state index contributed by atoms with van der Waals surface area (Å²) in [6.07, 6.45) is 1.64. The molecule has 0 amide bonds. The molecule has 5 nitrogen and oxygen atoms in total. The second-order valence-electron chi connectivity index (χ2n) is 4.98. The molecule has 2 N–H and O–H groups in total. The maximum Gasteiger partial charge on any atom is 0.241 e. The van der Waals surface area contributed by atoms with Gasteiger partial charge in [-0.2, -0.15) is 0 Å². The third-order valence-electron chi connectivity index (χ3n) is 3.27. The van der Waals surface area contributed by atoms with Crippen LogP contribution in [0.1, 0.15) is 24.0 Å². The van der Waals surface area contributed by atoms with Crippen LogP contribution < -0.4 is 4.72 Å². The maximum absolute atomic E-state index is 12.5. The summed E-state index contributed by atoms with van der Waals surface area (Å²) < 4.78 is 32.9. The first-order valence-corrected chi connectivity index (χ1v) is 8.32. The Morgan fingerprint density at radius 2 is 2.29 bits per heavy atom. The molecule has 1 aliphatic heterocycles. The Hall–Kier alpha value is -1.39. The fraction of sp³-hybridized carbons (Fsp3) is 0.467. The van der Waals surface area contributed by atoms with Gasteiger partial charge in [-0.15, -0.1) is 0 Å². The number of benzene rings is 1. The molecule has 1 aromatic carbocycles. The Morgan fingerprint density at radius 1 is 1.48 bits per heavy atom. The fourth-order valence-electron chi connectivity index (χ4n) is 2.23. The molecule has 1 unspecified atom stereocenters. The Morgan fingerprint density at radius 3 is 2.95 bits per heavy atom. The van der Waals surface area contributed by atoms with Crippen molar-refractivity contribution in [1.29, 1.82) is 0 Å². The van der Waals surface area contributed by atoms with Gasteiger partial charge in [-0.1, -0.05) is 17.9 Å². The molecule has 0 spiro atoms. The highest BCUT2D eigenvalue weighted by Crippen LogP contribution is 2.18. The van der Waals surface area contributed by atoms with Gasteiger partial charge in [0.05, 0.1) is 11.5 Å². The van der Waals surface area contributed by atoms with E-state index in [9.17, 15) is 8.42 Å². The Labute approximate surface area is 125 Å². The number of ether oxygens (including phenoxy) is 1. The highest BCUT2D eigenvalue weighted by Gasteiger charge is 2.23. The van der Waals surface area contributed by atoms with Gasteiger partial charge >= 0.3 is 0 Å². The lowest BCUT2D eigenvalue weighted by atomic mass is 10.1. The van der Waals surface area contributed by atoms with Crippen LogP contribution in [0.15, 0.2) is 23.1 Å². The minimum Gasteiger partial charge on any atom is -0.384 e. The van der Waals surface area contributed by atoms with Crippen molar-refractivity contribution in [3.05, 3.63) is 29.3 Å². The van der Waals surface area contributed by atoms with Gasteiger partial charge in [0.25, 0.3) is 0 Å². The van der Waals surface area contributed by atoms with Crippen LogP contribution in [0.4, 0.5) is 0 Å². The standard InChI is InChI=1S/C15H19NO4S/c1-12-6-7-13(4-2-8-17)10-15(12)21(18,19)16-14-5-3-9-20-11-14/h6-7,10,14,16-17H,3,5,8-9,11H2,1H3. The minimum absolute atomic E-state index is 0.185. The predicted molar refractivity (Wildman–Crippen MR) is 79.3 cm³/mol. The number of rotatable bonds is 3. The van der Waals surface area contributed by atoms with Gasteiger partial charge in [0.15, 0.2) is 0 Å². The second kappa shape index (κ2) is 7.05. The summed E-state index contributed by atoms with van der Waals surface area (Å²) in [5, 5.41) is 8.71. The third kappa shape index (κ3) is 4.29. The van der Waals surface area contributed by atoms with Crippen LogP contribution >= 0.6 is 0 Å². The Bertz CT molecular complexity index is 652. The van der Waals surface area contributed by atoms with Crippen molar-refractivity contribution < 1.29 is 18.3 Å². The molecular weight excluding hydrogens is 290 g/mol. The van der Waals surface area contributed by atoms with E-state index in [4.69, 9.17) is 9.84 Å². The summed E-state index contributed by atoms with van der Waals surface area (Å²) >= 11 is 0. The zero-order chi connectivity index (χ0) is 15.3. The molecule has 0 saturated carbocycles. The smallest absolute Gasteiger partial charge is 0.241 e. The number of hydrogen-bond acceptors (Lipinski definition) is 4. The van der Waals surface area contributed by atoms with Gasteiger partial charge in [0, 0.05) is 18.2 Å². The summed E-state index contributed by atoms with van der Waals surface area (Å²) in [6.45, 7) is 2.58. The lowest BCUT2D eigenvalue weighted by Crippen LogP contribution is -2.40. The predicted octanol–water partition coefficient (Wildman–Crippen LogP) is 0.796. The molecule has 0 radical (unpaired) electrons. The van der Waals surface area contributed by atoms with Crippen molar-refractivity contribution in [3.8, 4) is 11.8 Å². The van der Waals surface area contributed by atoms with Crippen molar-refractivity contribution in [2.24, 2.45) is 0 Å². The first kappa shape index (κ1) is 16.0. The van der Waals surface area contributed by atoms with Crippen molar-refractivity contribution >= 4 is 10.0 Å². The van der Waals surface area contributed by atoms with E-state index in [1.807, 2.05) is 0 Å². The van der Waals surface area contributed by atoms with Crippen LogP contribution in [0.2, 0.25) is 0 Å². The van der Waals surface area contributed by atoms with E-state index in [0.717, 1.165) is 12.8 Å². The number of aryl methyl sites for hydroxylation is 1. The van der Waals surface area contributed by atoms with Crippen LogP contribution in [0.5, 0.6) is 0 Å². The number of aliphatic hydroxyl groups is 1. The lowest BCUT2D eigenvalue weighted by Gasteiger charge is -2.23. The van der Waals surface area contributed by atoms with Gasteiger partial charge in [-0.05, 0) is 37.5 Å². The van der Waals surface area contributed by atoms with Gasteiger partial charge in [0.2, 0.25) is 10.0 Å². The highest BCUT2D eigenvalue weighted by atomic mass is 32.2. The van der Waals surface area contributed by atoms with Crippen LogP contribution in [-0.2, 0) is 14.8 Å². The van der Waals surface area contributed by atoms with Gasteiger partial charge in [0.1, 0.15) is 6.61 Å². The molecule has 1 atom stereocenters. The topological polar surface area (TPSA) is 75.6 Å². The van der Waals surface area contributed by atoms with Crippen molar-refractivity contribution in [3.63, 3.8) is 0 Å². The van der Waals surface area contributed by atoms with E-state index in [-0.39, 0.29) is 17.5 Å². The normalized spacial score (nSPS) is 18.9. The molecule has 114 valence electrons. The first-order chi connectivity index (χ1) is 10.0. The van der Waals surface area contributed by atoms with E-state index in [0.29, 0.717) is 24.3 Å². The number of nitrogens with one attached hydrogen (secondary N) is 1. The molecule has 21 heavy (non-hydrogen) atoms. The zero-order valence-electron chi connectivity index (χ0n) is 11.9. The van der Waals surface area contributed by atoms with E-state index in [1.54, 1.807) is 19.1 Å². The number of sulfonamides is 1. The fourth-order valence-corrected chi connectivity index (χ4v) is 3.75. The summed E-state index contributed by atoms with van der Waals surface area (Å²) in [4.78, 5) is 0.220. The molecule has 1 saturated heterocycles. The van der Waals surface area contributed by atoms with E-state index < -0.39 is 10.0 Å². The third-order valence-corrected chi connectivity index (χ3v) is 4.93. The summed E-state index contributed by atoms with van der Waals surface area (Å²) in [5.41, 5.74) is 1.23. The zero-order valence-corrected chi connectivity index (χ0v) is 12.7. The summed E-state index contributed by atoms with van der Waals surface area (Å²) in [5.74, 6) is 5.24. The summed E-state index contributed by atoms with van der Waals surface area (Å²) in [6, 6.07) is 4.80. The number of hydrogen-bond donors (Lipinski definition) is 2. The minimum atomic E-state index is -3.60. The Kier molecular flexibility index (Phi) is 5.37. The second-order valence-corrected chi connectivity index (χ2v) is 6.66. The highest BCUT2D eigenvalue weighted by molar-refractivity contribution is 7.89. The molecule has 0 aromatic heterocycles. The van der Waals surface area contributed by atoms with Crippen molar-refractivity contribution in [2.75, 3.05) is 19.8 Å². The van der Waals surface area contributed by atoms with E-state index >= 15 is 0 Å². The maximum atomic E-state index is 12.5. The van der Waals surface area contributed by atoms with Crippen LogP contribution in [-0.4, -0.2) is 39.4 Å². The average Bonchev–Trinajstić information content (AvgIpc) is 2.47. The quantitative estimate of drug-likeness (QED) is 0.810. The van der Waals surface area contributed by atoms with E-state index in [2.05, 4.69) is 16.6 Å². The molecule has 0 aliphatic carbocycles. The van der Waals surface area contributed by atoms with Crippen molar-refractivity contribution in [1.82, 2.24) is 4.72 Å². The molecule has 1 heterocycles. The Balaban J connectivity index is 2.25. The first-order valence-electron chi connectivity index (χ1n) is 6.83. The van der Waals surface area contributed by atoms with E-state index in [1.165, 1.54) is 6.07 Å². The molecule has 2 rings (SSSR count). The van der Waals surface area contributed by atoms with Crippen LogP contribution in [0, 0.1) is 18.8 Å². The molecule has 1 aromatic rings.